The Hall–Kier alpha value is -1.92. The molecule has 11 heteroatoms. The summed E-state index contributed by atoms with van der Waals surface area (Å²) in [6.07, 6.45) is 13.9. The van der Waals surface area contributed by atoms with E-state index in [0.717, 1.165) is 56.1 Å². The molecule has 0 aliphatic heterocycles. The highest BCUT2D eigenvalue weighted by Crippen LogP contribution is 2.72. The molecule has 0 bridgehead atoms. The molecular formula is C39H64N2O9. The highest BCUT2D eigenvalue weighted by molar-refractivity contribution is 5.68. The molecule has 5 N–H and O–H groups in total. The first kappa shape index (κ1) is 39.3. The molecule has 5 aliphatic carbocycles. The molecule has 0 aromatic heterocycles. The number of aldehydes is 2. The van der Waals surface area contributed by atoms with Crippen LogP contribution in [0.3, 0.4) is 0 Å². The molecule has 5 saturated carbocycles. The van der Waals surface area contributed by atoms with Gasteiger partial charge in [-0.3, -0.25) is 14.9 Å². The van der Waals surface area contributed by atoms with Gasteiger partial charge in [0.25, 0.3) is 0 Å². The number of nitrogens with one attached hydrogen (secondary N) is 2. The minimum absolute atomic E-state index is 0.0382. The van der Waals surface area contributed by atoms with Crippen LogP contribution in [0.15, 0.2) is 0 Å². The van der Waals surface area contributed by atoms with Gasteiger partial charge in [-0.25, -0.2) is 0 Å². The number of hydrogen-bond acceptors (Lipinski definition) is 9. The summed E-state index contributed by atoms with van der Waals surface area (Å²) in [5, 5.41) is 33.0. The topological polar surface area (TPSA) is 171 Å². The van der Waals surface area contributed by atoms with E-state index < -0.39 is 29.6 Å². The molecule has 10 unspecified atom stereocenters. The first-order valence-electron chi connectivity index (χ1n) is 19.5. The Kier molecular flexibility index (Phi) is 12.9. The van der Waals surface area contributed by atoms with Crippen LogP contribution in [0.5, 0.6) is 0 Å². The van der Waals surface area contributed by atoms with Crippen molar-refractivity contribution < 1.29 is 44.1 Å². The number of carbonyl (C=O) groups is 4. The Labute approximate surface area is 298 Å². The van der Waals surface area contributed by atoms with Crippen molar-refractivity contribution in [2.45, 2.75) is 148 Å². The third-order valence-corrected chi connectivity index (χ3v) is 14.9. The maximum Gasteiger partial charge on any atom is 0.303 e. The second-order valence-electron chi connectivity index (χ2n) is 17.7. The summed E-state index contributed by atoms with van der Waals surface area (Å²) in [6, 6.07) is -1.14. The molecule has 0 amide bonds. The lowest BCUT2D eigenvalue weighted by atomic mass is 9.44. The second-order valence-corrected chi connectivity index (χ2v) is 17.7. The number of carbonyl (C=O) groups excluding carboxylic acids is 2. The Morgan fingerprint density at radius 1 is 0.900 bits per heavy atom. The number of aliphatic carboxylic acids is 2. The molecule has 0 saturated heterocycles. The first-order valence-corrected chi connectivity index (χ1v) is 19.5. The van der Waals surface area contributed by atoms with Crippen LogP contribution in [0.25, 0.3) is 0 Å². The van der Waals surface area contributed by atoms with E-state index in [0.29, 0.717) is 36.1 Å². The second kappa shape index (κ2) is 16.4. The molecule has 5 rings (SSSR count). The predicted octanol–water partition coefficient (Wildman–Crippen LogP) is 5.38. The van der Waals surface area contributed by atoms with Gasteiger partial charge in [0, 0.05) is 12.8 Å². The van der Waals surface area contributed by atoms with E-state index in [2.05, 4.69) is 38.5 Å². The molecule has 0 aromatic rings. The van der Waals surface area contributed by atoms with Gasteiger partial charge >= 0.3 is 11.9 Å². The fourth-order valence-corrected chi connectivity index (χ4v) is 12.2. The number of carboxylic acid groups (broad SMARTS) is 2. The summed E-state index contributed by atoms with van der Waals surface area (Å²) in [4.78, 5) is 49.9. The molecule has 0 aromatic carbocycles. The van der Waals surface area contributed by atoms with Crippen LogP contribution in [-0.4, -0.2) is 77.0 Å². The summed E-state index contributed by atoms with van der Waals surface area (Å²) >= 11 is 0. The summed E-state index contributed by atoms with van der Waals surface area (Å²) in [5.74, 6) is 2.55. The van der Waals surface area contributed by atoms with Gasteiger partial charge in [0.1, 0.15) is 12.6 Å². The Morgan fingerprint density at radius 3 is 2.26 bits per heavy atom. The molecule has 0 heterocycles. The predicted molar refractivity (Wildman–Crippen MR) is 187 cm³/mol. The minimum atomic E-state index is -0.940. The van der Waals surface area contributed by atoms with Crippen molar-refractivity contribution in [3.63, 3.8) is 0 Å². The van der Waals surface area contributed by atoms with Crippen LogP contribution in [0.4, 0.5) is 0 Å². The van der Waals surface area contributed by atoms with Gasteiger partial charge < -0.3 is 34.5 Å². The highest BCUT2D eigenvalue weighted by atomic mass is 16.6. The number of rotatable bonds is 19. The minimum Gasteiger partial charge on any atom is -0.481 e. The smallest absolute Gasteiger partial charge is 0.303 e. The van der Waals surface area contributed by atoms with E-state index in [9.17, 15) is 24.3 Å². The normalized spacial score (nSPS) is 40.8. The number of carboxylic acids is 2. The van der Waals surface area contributed by atoms with Crippen LogP contribution >= 0.6 is 0 Å². The quantitative estimate of drug-likeness (QED) is 0.0665. The first-order chi connectivity index (χ1) is 23.7. The van der Waals surface area contributed by atoms with Crippen molar-refractivity contribution in [1.82, 2.24) is 10.8 Å². The van der Waals surface area contributed by atoms with Crippen molar-refractivity contribution in [2.24, 2.45) is 58.2 Å². The molecule has 0 radical (unpaired) electrons. The van der Waals surface area contributed by atoms with Crippen LogP contribution in [0, 0.1) is 58.2 Å². The van der Waals surface area contributed by atoms with Crippen molar-refractivity contribution in [3.05, 3.63) is 0 Å². The molecule has 5 aliphatic rings. The SMILES string of the molecule is CC(CC[C@@]1(O)CC2CC3C4CCC5CC(OCN[C@@H](C=O)CCC(=O)O)CCC5(C)C4CCC3(C)C2[C@@H]1C)CON[C@@H](C=O)CCC(=O)O. The summed E-state index contributed by atoms with van der Waals surface area (Å²) in [6.45, 7) is 10.2. The lowest BCUT2D eigenvalue weighted by Crippen LogP contribution is -2.55. The van der Waals surface area contributed by atoms with Gasteiger partial charge in [-0.1, -0.05) is 27.7 Å². The van der Waals surface area contributed by atoms with E-state index >= 15 is 0 Å². The number of hydroxylamine groups is 1. The van der Waals surface area contributed by atoms with Crippen molar-refractivity contribution >= 4 is 24.5 Å². The van der Waals surface area contributed by atoms with E-state index in [1.165, 1.54) is 38.5 Å². The van der Waals surface area contributed by atoms with Gasteiger partial charge in [-0.2, -0.15) is 5.48 Å². The molecule has 50 heavy (non-hydrogen) atoms. The number of aliphatic hydroxyl groups is 1. The molecular weight excluding hydrogens is 640 g/mol. The van der Waals surface area contributed by atoms with Gasteiger partial charge in [-0.15, -0.1) is 0 Å². The standard InChI is InChI=1S/C39H64N2O9/c1-24(22-50-41-29(21-43)7-10-35(46)47)11-16-39(48)19-26-17-33-31-8-5-27-18-30(49-23-40-28(20-42)6-9-34(44)45)12-14-37(27,3)32(31)13-15-38(33,4)36(26)25(39)2/h20-21,24-33,36,40-41,48H,5-19,22-23H2,1-4H3,(H,44,45)(H,46,47)/t24?,25-,26?,27?,28+,29+,30?,31?,32?,33?,36?,37?,38?,39+/m0/s1. The zero-order valence-electron chi connectivity index (χ0n) is 30.8. The largest absolute Gasteiger partial charge is 0.481 e. The lowest BCUT2D eigenvalue weighted by molar-refractivity contribution is -0.143. The van der Waals surface area contributed by atoms with Gasteiger partial charge in [-0.05, 0) is 142 Å². The van der Waals surface area contributed by atoms with Crippen molar-refractivity contribution in [1.29, 1.82) is 0 Å². The Morgan fingerprint density at radius 2 is 1.58 bits per heavy atom. The average molecular weight is 705 g/mol. The van der Waals surface area contributed by atoms with Gasteiger partial charge in [0.2, 0.25) is 0 Å². The van der Waals surface area contributed by atoms with Crippen LogP contribution in [0.1, 0.15) is 124 Å². The average Bonchev–Trinajstić information content (AvgIpc) is 3.51. The summed E-state index contributed by atoms with van der Waals surface area (Å²) in [5.41, 5.74) is 2.62. The van der Waals surface area contributed by atoms with Crippen molar-refractivity contribution in [3.8, 4) is 0 Å². The zero-order valence-corrected chi connectivity index (χ0v) is 30.8. The molecule has 11 nitrogen and oxygen atoms in total. The lowest BCUT2D eigenvalue weighted by Gasteiger charge is -2.61. The van der Waals surface area contributed by atoms with Crippen molar-refractivity contribution in [2.75, 3.05) is 13.3 Å². The summed E-state index contributed by atoms with van der Waals surface area (Å²) in [7, 11) is 0. The van der Waals surface area contributed by atoms with E-state index in [4.69, 9.17) is 19.8 Å². The maximum absolute atomic E-state index is 12.1. The van der Waals surface area contributed by atoms with E-state index in [-0.39, 0.29) is 55.8 Å². The Balaban J connectivity index is 1.11. The molecule has 284 valence electrons. The van der Waals surface area contributed by atoms with Crippen LogP contribution < -0.4 is 10.8 Å². The monoisotopic (exact) mass is 704 g/mol. The molecule has 5 fully saturated rings. The fraction of sp³-hybridized carbons (Fsp3) is 0.897. The maximum atomic E-state index is 12.1. The van der Waals surface area contributed by atoms with Gasteiger partial charge in [0.15, 0.2) is 0 Å². The third-order valence-electron chi connectivity index (χ3n) is 14.9. The fourth-order valence-electron chi connectivity index (χ4n) is 12.2. The van der Waals surface area contributed by atoms with Crippen LogP contribution in [-0.2, 0) is 28.8 Å². The highest BCUT2D eigenvalue weighted by Gasteiger charge is 2.67. The number of ether oxygens (including phenoxy) is 1. The Bertz CT molecular complexity index is 1200. The molecule has 14 atom stereocenters. The molecule has 0 spiro atoms. The van der Waals surface area contributed by atoms with Crippen LogP contribution in [0.2, 0.25) is 0 Å². The van der Waals surface area contributed by atoms with E-state index in [1.807, 2.05) is 0 Å². The van der Waals surface area contributed by atoms with Gasteiger partial charge in [0.05, 0.1) is 37.1 Å². The number of fused-ring (bicyclic) bond motifs is 7. The third kappa shape index (κ3) is 8.32. The van der Waals surface area contributed by atoms with E-state index in [1.54, 1.807) is 0 Å². The summed E-state index contributed by atoms with van der Waals surface area (Å²) < 4.78 is 6.22. The zero-order chi connectivity index (χ0) is 36.3. The number of hydrogen-bond donors (Lipinski definition) is 5.